The maximum atomic E-state index is 13.2. The second-order valence-electron chi connectivity index (χ2n) is 7.30. The van der Waals surface area contributed by atoms with Gasteiger partial charge in [0.15, 0.2) is 5.82 Å². The molecule has 27 heavy (non-hydrogen) atoms. The molecule has 3 aromatic rings. The smallest absolute Gasteiger partial charge is 0.235 e. The van der Waals surface area contributed by atoms with Crippen LogP contribution in [0.4, 0.5) is 10.1 Å². The van der Waals surface area contributed by atoms with E-state index < -0.39 is 5.41 Å². The summed E-state index contributed by atoms with van der Waals surface area (Å²) < 4.78 is 15.0. The normalized spacial score (nSPS) is 17.5. The lowest BCUT2D eigenvalue weighted by atomic mass is 9.95. The van der Waals surface area contributed by atoms with Crippen molar-refractivity contribution in [2.24, 2.45) is 0 Å². The van der Waals surface area contributed by atoms with Crippen molar-refractivity contribution in [1.82, 2.24) is 20.2 Å². The van der Waals surface area contributed by atoms with Crippen LogP contribution in [0, 0.1) is 5.82 Å². The van der Waals surface area contributed by atoms with Gasteiger partial charge in [0, 0.05) is 11.3 Å². The molecule has 2 aliphatic carbocycles. The summed E-state index contributed by atoms with van der Waals surface area (Å²) in [4.78, 5) is 12.9. The van der Waals surface area contributed by atoms with E-state index in [9.17, 15) is 9.18 Å². The van der Waals surface area contributed by atoms with Gasteiger partial charge in [0.1, 0.15) is 5.82 Å². The molecule has 2 fully saturated rings. The molecule has 0 spiro atoms. The summed E-state index contributed by atoms with van der Waals surface area (Å²) in [6.45, 7) is 0. The molecule has 0 radical (unpaired) electrons. The van der Waals surface area contributed by atoms with Crippen LogP contribution in [-0.4, -0.2) is 26.1 Å². The van der Waals surface area contributed by atoms with E-state index in [1.54, 1.807) is 12.1 Å². The number of tetrazole rings is 1. The zero-order valence-electron chi connectivity index (χ0n) is 14.6. The molecular formula is C20H18FN5O. The minimum Gasteiger partial charge on any atom is -0.325 e. The number of nitrogens with one attached hydrogen (secondary N) is 1. The van der Waals surface area contributed by atoms with Crippen LogP contribution in [0.2, 0.25) is 0 Å². The zero-order chi connectivity index (χ0) is 18.4. The van der Waals surface area contributed by atoms with Crippen molar-refractivity contribution in [3.63, 3.8) is 0 Å². The average molecular weight is 363 g/mol. The molecule has 6 nitrogen and oxygen atoms in total. The molecule has 1 aromatic heterocycles. The Morgan fingerprint density at radius 3 is 2.63 bits per heavy atom. The number of hydrogen-bond donors (Lipinski definition) is 1. The Balaban J connectivity index is 1.39. The predicted molar refractivity (Wildman–Crippen MR) is 97.5 cm³/mol. The molecule has 7 heteroatoms. The van der Waals surface area contributed by atoms with Crippen molar-refractivity contribution in [2.75, 3.05) is 5.32 Å². The molecule has 1 N–H and O–H groups in total. The zero-order valence-corrected chi connectivity index (χ0v) is 14.6. The van der Waals surface area contributed by atoms with Crippen LogP contribution in [0.5, 0.6) is 0 Å². The SMILES string of the molecule is O=C(Nc1cccc(-c2nnnn2C2CC2)c1)C1(c2ccc(F)cc2)CC1. The number of aromatic nitrogens is 4. The monoisotopic (exact) mass is 363 g/mol. The summed E-state index contributed by atoms with van der Waals surface area (Å²) >= 11 is 0. The topological polar surface area (TPSA) is 72.7 Å². The summed E-state index contributed by atoms with van der Waals surface area (Å²) in [5.41, 5.74) is 1.88. The lowest BCUT2D eigenvalue weighted by Gasteiger charge is -2.16. The van der Waals surface area contributed by atoms with Gasteiger partial charge in [0.25, 0.3) is 0 Å². The molecule has 0 atom stereocenters. The number of benzene rings is 2. The van der Waals surface area contributed by atoms with Crippen LogP contribution in [0.15, 0.2) is 48.5 Å². The van der Waals surface area contributed by atoms with Crippen molar-refractivity contribution in [1.29, 1.82) is 0 Å². The first-order valence-electron chi connectivity index (χ1n) is 9.11. The predicted octanol–water partition coefficient (Wildman–Crippen LogP) is 3.48. The van der Waals surface area contributed by atoms with Crippen LogP contribution in [0.3, 0.4) is 0 Å². The van der Waals surface area contributed by atoms with Crippen LogP contribution < -0.4 is 5.32 Å². The number of rotatable bonds is 5. The van der Waals surface area contributed by atoms with Gasteiger partial charge in [-0.1, -0.05) is 24.3 Å². The number of halogens is 1. The standard InChI is InChI=1S/C20H18FN5O/c21-15-6-4-14(5-7-15)20(10-11-20)19(27)22-16-3-1-2-13(12-16)18-23-24-25-26(18)17-8-9-17/h1-7,12,17H,8-11H2,(H,22,27). The molecule has 0 unspecified atom stereocenters. The fraction of sp³-hybridized carbons (Fsp3) is 0.300. The molecule has 0 aliphatic heterocycles. The average Bonchev–Trinajstić information content (AvgIpc) is 3.61. The molecule has 2 aliphatic rings. The Kier molecular flexibility index (Phi) is 3.56. The maximum absolute atomic E-state index is 13.2. The summed E-state index contributed by atoms with van der Waals surface area (Å²) in [5, 5.41) is 15.0. The summed E-state index contributed by atoms with van der Waals surface area (Å²) in [6.07, 6.45) is 3.72. The second kappa shape index (κ2) is 5.97. The molecular weight excluding hydrogens is 345 g/mol. The molecule has 0 bridgehead atoms. The highest BCUT2D eigenvalue weighted by atomic mass is 19.1. The van der Waals surface area contributed by atoms with Crippen LogP contribution in [0.25, 0.3) is 11.4 Å². The molecule has 2 saturated carbocycles. The fourth-order valence-electron chi connectivity index (χ4n) is 3.48. The second-order valence-corrected chi connectivity index (χ2v) is 7.30. The number of amides is 1. The summed E-state index contributed by atoms with van der Waals surface area (Å²) in [6, 6.07) is 14.1. The van der Waals surface area contributed by atoms with E-state index in [4.69, 9.17) is 0 Å². The van der Waals surface area contributed by atoms with E-state index >= 15 is 0 Å². The van der Waals surface area contributed by atoms with E-state index in [1.165, 1.54) is 12.1 Å². The Labute approximate surface area is 155 Å². The van der Waals surface area contributed by atoms with Gasteiger partial charge >= 0.3 is 0 Å². The lowest BCUT2D eigenvalue weighted by Crippen LogP contribution is -2.27. The number of anilines is 1. The van der Waals surface area contributed by atoms with Crippen molar-refractivity contribution in [2.45, 2.75) is 37.1 Å². The van der Waals surface area contributed by atoms with Crippen molar-refractivity contribution in [3.8, 4) is 11.4 Å². The van der Waals surface area contributed by atoms with Crippen LogP contribution in [-0.2, 0) is 10.2 Å². The maximum Gasteiger partial charge on any atom is 0.235 e. The van der Waals surface area contributed by atoms with Gasteiger partial charge in [-0.05, 0) is 65.9 Å². The molecule has 2 aromatic carbocycles. The Morgan fingerprint density at radius 1 is 1.15 bits per heavy atom. The number of carbonyl (C=O) groups is 1. The van der Waals surface area contributed by atoms with Gasteiger partial charge < -0.3 is 5.32 Å². The van der Waals surface area contributed by atoms with Crippen molar-refractivity contribution >= 4 is 11.6 Å². The van der Waals surface area contributed by atoms with Crippen molar-refractivity contribution in [3.05, 3.63) is 59.9 Å². The van der Waals surface area contributed by atoms with Gasteiger partial charge in [-0.15, -0.1) is 5.10 Å². The van der Waals surface area contributed by atoms with Gasteiger partial charge in [-0.3, -0.25) is 4.79 Å². The minimum atomic E-state index is -0.556. The quantitative estimate of drug-likeness (QED) is 0.753. The van der Waals surface area contributed by atoms with E-state index in [0.29, 0.717) is 17.6 Å². The van der Waals surface area contributed by atoms with Gasteiger partial charge in [-0.25, -0.2) is 9.07 Å². The van der Waals surface area contributed by atoms with E-state index in [2.05, 4.69) is 20.8 Å². The first kappa shape index (κ1) is 16.1. The Bertz CT molecular complexity index is 1010. The number of hydrogen-bond acceptors (Lipinski definition) is 4. The third-order valence-electron chi connectivity index (χ3n) is 5.35. The number of nitrogens with zero attached hydrogens (tertiary/aromatic N) is 4. The van der Waals surface area contributed by atoms with Crippen LogP contribution in [0.1, 0.15) is 37.3 Å². The fourth-order valence-corrected chi connectivity index (χ4v) is 3.48. The molecule has 5 rings (SSSR count). The first-order chi connectivity index (χ1) is 13.2. The third-order valence-corrected chi connectivity index (χ3v) is 5.35. The highest BCUT2D eigenvalue weighted by Crippen LogP contribution is 2.49. The molecule has 1 amide bonds. The van der Waals surface area contributed by atoms with Crippen LogP contribution >= 0.6 is 0 Å². The van der Waals surface area contributed by atoms with Gasteiger partial charge in [0.2, 0.25) is 5.91 Å². The summed E-state index contributed by atoms with van der Waals surface area (Å²) in [5.74, 6) is 0.359. The van der Waals surface area contributed by atoms with Gasteiger partial charge in [0.05, 0.1) is 11.5 Å². The van der Waals surface area contributed by atoms with Gasteiger partial charge in [-0.2, -0.15) is 0 Å². The van der Waals surface area contributed by atoms with E-state index in [-0.39, 0.29) is 11.7 Å². The highest BCUT2D eigenvalue weighted by Gasteiger charge is 2.51. The highest BCUT2D eigenvalue weighted by molar-refractivity contribution is 6.01. The Morgan fingerprint density at radius 2 is 1.93 bits per heavy atom. The first-order valence-corrected chi connectivity index (χ1v) is 9.11. The lowest BCUT2D eigenvalue weighted by molar-refractivity contribution is -0.118. The molecule has 0 saturated heterocycles. The summed E-state index contributed by atoms with van der Waals surface area (Å²) in [7, 11) is 0. The molecule has 1 heterocycles. The Hall–Kier alpha value is -3.09. The van der Waals surface area contributed by atoms with E-state index in [1.807, 2.05) is 28.9 Å². The van der Waals surface area contributed by atoms with E-state index in [0.717, 1.165) is 36.8 Å². The van der Waals surface area contributed by atoms with Crippen molar-refractivity contribution < 1.29 is 9.18 Å². The largest absolute Gasteiger partial charge is 0.325 e. The third kappa shape index (κ3) is 2.89. The molecule has 136 valence electrons. The minimum absolute atomic E-state index is 0.0620. The number of carbonyl (C=O) groups excluding carboxylic acids is 1.